The van der Waals surface area contributed by atoms with Crippen molar-refractivity contribution in [3.05, 3.63) is 34.7 Å². The van der Waals surface area contributed by atoms with Crippen molar-refractivity contribution in [2.24, 2.45) is 0 Å². The zero-order chi connectivity index (χ0) is 17.1. The SMILES string of the molecule is COc1ccc(/C=C2/SC(=O)N(CC(=O)N3CCCC3)C2=O)cc1. The van der Waals surface area contributed by atoms with Gasteiger partial charge in [-0.05, 0) is 48.4 Å². The normalized spacial score (nSPS) is 19.5. The van der Waals surface area contributed by atoms with Gasteiger partial charge >= 0.3 is 0 Å². The van der Waals surface area contributed by atoms with Gasteiger partial charge in [-0.3, -0.25) is 19.3 Å². The molecule has 2 heterocycles. The summed E-state index contributed by atoms with van der Waals surface area (Å²) in [6.07, 6.45) is 3.61. The van der Waals surface area contributed by atoms with Crippen LogP contribution in [0.1, 0.15) is 18.4 Å². The van der Waals surface area contributed by atoms with Gasteiger partial charge in [0.05, 0.1) is 12.0 Å². The lowest BCUT2D eigenvalue weighted by Gasteiger charge is -2.18. The van der Waals surface area contributed by atoms with Crippen molar-refractivity contribution < 1.29 is 19.1 Å². The third kappa shape index (κ3) is 3.46. The molecule has 2 aliphatic heterocycles. The van der Waals surface area contributed by atoms with Gasteiger partial charge in [-0.2, -0.15) is 0 Å². The van der Waals surface area contributed by atoms with Crippen LogP contribution in [0.3, 0.4) is 0 Å². The van der Waals surface area contributed by atoms with Crippen LogP contribution in [0.5, 0.6) is 5.75 Å². The molecule has 2 fully saturated rings. The van der Waals surface area contributed by atoms with Crippen LogP contribution in [0.15, 0.2) is 29.2 Å². The van der Waals surface area contributed by atoms with Gasteiger partial charge in [-0.1, -0.05) is 12.1 Å². The number of likely N-dealkylation sites (tertiary alicyclic amines) is 1. The molecule has 0 bridgehead atoms. The number of methoxy groups -OCH3 is 1. The van der Waals surface area contributed by atoms with Crippen molar-refractivity contribution in [3.63, 3.8) is 0 Å². The summed E-state index contributed by atoms with van der Waals surface area (Å²) in [4.78, 5) is 39.7. The fraction of sp³-hybridized carbons (Fsp3) is 0.353. The van der Waals surface area contributed by atoms with E-state index in [0.29, 0.717) is 18.0 Å². The van der Waals surface area contributed by atoms with Crippen LogP contribution >= 0.6 is 11.8 Å². The number of hydrogen-bond donors (Lipinski definition) is 0. The Balaban J connectivity index is 1.70. The zero-order valence-corrected chi connectivity index (χ0v) is 14.2. The number of carbonyl (C=O) groups is 3. The van der Waals surface area contributed by atoms with E-state index in [4.69, 9.17) is 4.74 Å². The number of ether oxygens (including phenoxy) is 1. The molecule has 0 unspecified atom stereocenters. The van der Waals surface area contributed by atoms with Crippen molar-refractivity contribution in [3.8, 4) is 5.75 Å². The zero-order valence-electron chi connectivity index (χ0n) is 13.4. The predicted octanol–water partition coefficient (Wildman–Crippen LogP) is 2.35. The molecular weight excluding hydrogens is 328 g/mol. The summed E-state index contributed by atoms with van der Waals surface area (Å²) >= 11 is 0.868. The molecule has 126 valence electrons. The minimum absolute atomic E-state index is 0.166. The predicted molar refractivity (Wildman–Crippen MR) is 91.5 cm³/mol. The fourth-order valence-electron chi connectivity index (χ4n) is 2.69. The molecule has 3 amide bonds. The molecular formula is C17H18N2O4S. The van der Waals surface area contributed by atoms with Gasteiger partial charge < -0.3 is 9.64 Å². The summed E-state index contributed by atoms with van der Waals surface area (Å²) in [5, 5.41) is -0.396. The Morgan fingerprint density at radius 3 is 2.50 bits per heavy atom. The Hall–Kier alpha value is -2.28. The highest BCUT2D eigenvalue weighted by Crippen LogP contribution is 2.32. The number of hydrogen-bond acceptors (Lipinski definition) is 5. The molecule has 3 rings (SSSR count). The van der Waals surface area contributed by atoms with E-state index in [-0.39, 0.29) is 12.5 Å². The van der Waals surface area contributed by atoms with Gasteiger partial charge in [0.25, 0.3) is 11.1 Å². The van der Waals surface area contributed by atoms with E-state index < -0.39 is 11.1 Å². The second-order valence-corrected chi connectivity index (χ2v) is 6.62. The molecule has 2 aliphatic rings. The number of benzene rings is 1. The van der Waals surface area contributed by atoms with E-state index >= 15 is 0 Å². The lowest BCUT2D eigenvalue weighted by Crippen LogP contribution is -2.40. The van der Waals surface area contributed by atoms with E-state index in [2.05, 4.69) is 0 Å². The molecule has 7 heteroatoms. The second kappa shape index (κ2) is 7.09. The van der Waals surface area contributed by atoms with Crippen LogP contribution in [0.2, 0.25) is 0 Å². The fourth-order valence-corrected chi connectivity index (χ4v) is 3.53. The average Bonchev–Trinajstić information content (AvgIpc) is 3.20. The summed E-state index contributed by atoms with van der Waals surface area (Å²) in [6.45, 7) is 1.23. The average molecular weight is 346 g/mol. The Kier molecular flexibility index (Phi) is 4.89. The summed E-state index contributed by atoms with van der Waals surface area (Å²) in [5.74, 6) is 0.144. The molecule has 2 saturated heterocycles. The maximum atomic E-state index is 12.4. The van der Waals surface area contributed by atoms with Crippen LogP contribution < -0.4 is 4.74 Å². The third-order valence-electron chi connectivity index (χ3n) is 4.04. The Bertz CT molecular complexity index is 693. The van der Waals surface area contributed by atoms with E-state index in [0.717, 1.165) is 40.8 Å². The molecule has 0 saturated carbocycles. The molecule has 1 aromatic rings. The van der Waals surface area contributed by atoms with Crippen LogP contribution in [-0.2, 0) is 9.59 Å². The lowest BCUT2D eigenvalue weighted by atomic mass is 10.2. The minimum atomic E-state index is -0.409. The van der Waals surface area contributed by atoms with Crippen molar-refractivity contribution in [1.82, 2.24) is 9.80 Å². The minimum Gasteiger partial charge on any atom is -0.497 e. The van der Waals surface area contributed by atoms with Gasteiger partial charge in [0.1, 0.15) is 12.3 Å². The van der Waals surface area contributed by atoms with E-state index in [9.17, 15) is 14.4 Å². The van der Waals surface area contributed by atoms with Crippen LogP contribution in [0.4, 0.5) is 4.79 Å². The topological polar surface area (TPSA) is 66.9 Å². The van der Waals surface area contributed by atoms with Crippen LogP contribution in [-0.4, -0.2) is 53.6 Å². The lowest BCUT2D eigenvalue weighted by molar-refractivity contribution is -0.135. The standard InChI is InChI=1S/C17H18N2O4S/c1-23-13-6-4-12(5-7-13)10-14-16(21)19(17(22)24-14)11-15(20)18-8-2-3-9-18/h4-7,10H,2-3,8-9,11H2,1H3/b14-10+. The summed E-state index contributed by atoms with van der Waals surface area (Å²) in [7, 11) is 1.58. The first-order valence-corrected chi connectivity index (χ1v) is 8.57. The first-order valence-electron chi connectivity index (χ1n) is 7.75. The number of rotatable bonds is 4. The molecule has 0 spiro atoms. The van der Waals surface area contributed by atoms with Crippen LogP contribution in [0, 0.1) is 0 Å². The van der Waals surface area contributed by atoms with Gasteiger partial charge in [0, 0.05) is 13.1 Å². The smallest absolute Gasteiger partial charge is 0.294 e. The quantitative estimate of drug-likeness (QED) is 0.783. The first-order chi connectivity index (χ1) is 11.6. The number of nitrogens with zero attached hydrogens (tertiary/aromatic N) is 2. The van der Waals surface area contributed by atoms with Gasteiger partial charge in [-0.15, -0.1) is 0 Å². The monoisotopic (exact) mass is 346 g/mol. The molecule has 0 radical (unpaired) electrons. The molecule has 0 atom stereocenters. The Labute approximate surface area is 144 Å². The molecule has 0 aromatic heterocycles. The Morgan fingerprint density at radius 1 is 1.21 bits per heavy atom. The molecule has 6 nitrogen and oxygen atoms in total. The van der Waals surface area contributed by atoms with E-state index in [1.807, 2.05) is 12.1 Å². The highest BCUT2D eigenvalue weighted by Gasteiger charge is 2.37. The van der Waals surface area contributed by atoms with Gasteiger partial charge in [0.2, 0.25) is 5.91 Å². The van der Waals surface area contributed by atoms with Crippen molar-refractivity contribution in [2.75, 3.05) is 26.7 Å². The number of imide groups is 1. The van der Waals surface area contributed by atoms with E-state index in [1.165, 1.54) is 0 Å². The van der Waals surface area contributed by atoms with Crippen LogP contribution in [0.25, 0.3) is 6.08 Å². The van der Waals surface area contributed by atoms with Gasteiger partial charge in [-0.25, -0.2) is 0 Å². The summed E-state index contributed by atoms with van der Waals surface area (Å²) < 4.78 is 5.09. The van der Waals surface area contributed by atoms with Crippen molar-refractivity contribution in [2.45, 2.75) is 12.8 Å². The van der Waals surface area contributed by atoms with Crippen molar-refractivity contribution in [1.29, 1.82) is 0 Å². The second-order valence-electron chi connectivity index (χ2n) is 5.63. The number of carbonyl (C=O) groups excluding carboxylic acids is 3. The summed E-state index contributed by atoms with van der Waals surface area (Å²) in [6, 6.07) is 7.18. The Morgan fingerprint density at radius 2 is 1.88 bits per heavy atom. The number of thioether (sulfide) groups is 1. The largest absolute Gasteiger partial charge is 0.497 e. The molecule has 1 aromatic carbocycles. The van der Waals surface area contributed by atoms with Gasteiger partial charge in [0.15, 0.2) is 0 Å². The summed E-state index contributed by atoms with van der Waals surface area (Å²) in [5.41, 5.74) is 0.798. The number of amides is 3. The first kappa shape index (κ1) is 16.6. The maximum absolute atomic E-state index is 12.4. The molecule has 0 aliphatic carbocycles. The molecule has 0 N–H and O–H groups in total. The maximum Gasteiger partial charge on any atom is 0.294 e. The molecule has 24 heavy (non-hydrogen) atoms. The van der Waals surface area contributed by atoms with Crippen molar-refractivity contribution >= 4 is 34.9 Å². The highest BCUT2D eigenvalue weighted by molar-refractivity contribution is 8.18. The highest BCUT2D eigenvalue weighted by atomic mass is 32.2. The third-order valence-corrected chi connectivity index (χ3v) is 4.95. The van der Waals surface area contributed by atoms with E-state index in [1.54, 1.807) is 30.2 Å².